The van der Waals surface area contributed by atoms with Crippen LogP contribution in [-0.4, -0.2) is 25.5 Å². The summed E-state index contributed by atoms with van der Waals surface area (Å²) in [5.41, 5.74) is 1.05. The molecule has 5 heteroatoms. The molecular weight excluding hydrogens is 257 g/mol. The number of rotatable bonds is 4. The summed E-state index contributed by atoms with van der Waals surface area (Å²) in [5.74, 6) is -1.32. The van der Waals surface area contributed by atoms with Crippen molar-refractivity contribution in [2.75, 3.05) is 13.2 Å². The molecular formula is C14H17F3O2. The summed E-state index contributed by atoms with van der Waals surface area (Å²) in [5, 5.41) is 0. The van der Waals surface area contributed by atoms with Crippen LogP contribution in [0.25, 0.3) is 0 Å². The third-order valence-electron chi connectivity index (χ3n) is 3.25. The molecule has 1 aliphatic heterocycles. The highest BCUT2D eigenvalue weighted by Gasteiger charge is 2.42. The Morgan fingerprint density at radius 2 is 1.89 bits per heavy atom. The highest BCUT2D eigenvalue weighted by molar-refractivity contribution is 5.13. The zero-order valence-electron chi connectivity index (χ0n) is 10.5. The highest BCUT2D eigenvalue weighted by atomic mass is 19.4. The lowest BCUT2D eigenvalue weighted by atomic mass is 9.98. The normalized spacial score (nSPS) is 24.4. The van der Waals surface area contributed by atoms with Gasteiger partial charge in [-0.15, -0.1) is 0 Å². The molecule has 2 rings (SSSR count). The molecule has 0 aromatic heterocycles. The number of benzene rings is 1. The summed E-state index contributed by atoms with van der Waals surface area (Å²) in [6.07, 6.45) is -3.83. The van der Waals surface area contributed by atoms with Gasteiger partial charge in [0.05, 0.1) is 31.8 Å². The van der Waals surface area contributed by atoms with E-state index in [1.54, 1.807) is 0 Å². The second kappa shape index (κ2) is 6.39. The van der Waals surface area contributed by atoms with Crippen molar-refractivity contribution in [3.8, 4) is 0 Å². The fourth-order valence-corrected chi connectivity index (χ4v) is 2.08. The van der Waals surface area contributed by atoms with Gasteiger partial charge in [-0.05, 0) is 18.4 Å². The number of hydrogen-bond donors (Lipinski definition) is 0. The molecule has 19 heavy (non-hydrogen) atoms. The van der Waals surface area contributed by atoms with E-state index < -0.39 is 12.1 Å². The van der Waals surface area contributed by atoms with Gasteiger partial charge in [-0.1, -0.05) is 30.3 Å². The predicted octanol–water partition coefficient (Wildman–Crippen LogP) is 3.56. The summed E-state index contributed by atoms with van der Waals surface area (Å²) in [6.45, 7) is 0.561. The number of ether oxygens (including phenoxy) is 2. The number of alkyl halides is 3. The van der Waals surface area contributed by atoms with Gasteiger partial charge in [0.15, 0.2) is 0 Å². The summed E-state index contributed by atoms with van der Waals surface area (Å²) in [6, 6.07) is 9.65. The lowest BCUT2D eigenvalue weighted by Crippen LogP contribution is -2.36. The van der Waals surface area contributed by atoms with Crippen molar-refractivity contribution in [1.29, 1.82) is 0 Å². The molecule has 1 fully saturated rings. The van der Waals surface area contributed by atoms with Gasteiger partial charge in [0, 0.05) is 0 Å². The molecule has 0 amide bonds. The Bertz CT molecular complexity index is 370. The molecule has 0 saturated carbocycles. The van der Waals surface area contributed by atoms with Gasteiger partial charge in [-0.3, -0.25) is 0 Å². The number of hydrogen-bond acceptors (Lipinski definition) is 2. The summed E-state index contributed by atoms with van der Waals surface area (Å²) in [7, 11) is 0. The van der Waals surface area contributed by atoms with Crippen LogP contribution in [0.2, 0.25) is 0 Å². The third-order valence-corrected chi connectivity index (χ3v) is 3.25. The van der Waals surface area contributed by atoms with Crippen molar-refractivity contribution in [2.24, 2.45) is 5.92 Å². The fraction of sp³-hybridized carbons (Fsp3) is 0.571. The zero-order valence-corrected chi connectivity index (χ0v) is 10.5. The maximum Gasteiger partial charge on any atom is 0.394 e. The molecule has 0 aliphatic carbocycles. The Kier molecular flexibility index (Phi) is 4.82. The molecule has 0 bridgehead atoms. The van der Waals surface area contributed by atoms with Gasteiger partial charge in [0.1, 0.15) is 0 Å². The van der Waals surface area contributed by atoms with Crippen LogP contribution in [0, 0.1) is 5.92 Å². The molecule has 2 atom stereocenters. The molecule has 2 nitrogen and oxygen atoms in total. The SMILES string of the molecule is FC(F)(F)C1CCC(COCc2ccccc2)OC1. The van der Waals surface area contributed by atoms with E-state index in [4.69, 9.17) is 9.47 Å². The molecule has 1 aliphatic rings. The van der Waals surface area contributed by atoms with E-state index in [0.29, 0.717) is 19.6 Å². The van der Waals surface area contributed by atoms with Crippen LogP contribution in [0.15, 0.2) is 30.3 Å². The van der Waals surface area contributed by atoms with Gasteiger partial charge < -0.3 is 9.47 Å². The van der Waals surface area contributed by atoms with Crippen LogP contribution in [0.1, 0.15) is 18.4 Å². The van der Waals surface area contributed by atoms with Crippen molar-refractivity contribution in [1.82, 2.24) is 0 Å². The lowest BCUT2D eigenvalue weighted by Gasteiger charge is -2.30. The first-order chi connectivity index (χ1) is 9.05. The topological polar surface area (TPSA) is 18.5 Å². The molecule has 0 spiro atoms. The monoisotopic (exact) mass is 274 g/mol. The van der Waals surface area contributed by atoms with Gasteiger partial charge in [-0.2, -0.15) is 13.2 Å². The Morgan fingerprint density at radius 1 is 1.16 bits per heavy atom. The quantitative estimate of drug-likeness (QED) is 0.835. The van der Waals surface area contributed by atoms with E-state index in [0.717, 1.165) is 5.56 Å². The van der Waals surface area contributed by atoms with Crippen LogP contribution in [0.3, 0.4) is 0 Å². The van der Waals surface area contributed by atoms with Crippen molar-refractivity contribution in [3.63, 3.8) is 0 Å². The van der Waals surface area contributed by atoms with Crippen LogP contribution in [0.4, 0.5) is 13.2 Å². The molecule has 2 unspecified atom stereocenters. The summed E-state index contributed by atoms with van der Waals surface area (Å²) in [4.78, 5) is 0. The van der Waals surface area contributed by atoms with E-state index >= 15 is 0 Å². The first kappa shape index (κ1) is 14.3. The van der Waals surface area contributed by atoms with E-state index in [1.165, 1.54) is 0 Å². The Balaban J connectivity index is 1.66. The van der Waals surface area contributed by atoms with E-state index in [1.807, 2.05) is 30.3 Å². The Labute approximate surface area is 110 Å². The molecule has 0 radical (unpaired) electrons. The Hall–Kier alpha value is -1.07. The highest BCUT2D eigenvalue weighted by Crippen LogP contribution is 2.33. The molecule has 1 aromatic carbocycles. The smallest absolute Gasteiger partial charge is 0.375 e. The minimum atomic E-state index is -4.14. The molecule has 0 N–H and O–H groups in total. The third kappa shape index (κ3) is 4.51. The second-order valence-corrected chi connectivity index (χ2v) is 4.77. The zero-order chi connectivity index (χ0) is 13.7. The lowest BCUT2D eigenvalue weighted by molar-refractivity contribution is -0.211. The van der Waals surface area contributed by atoms with Crippen LogP contribution < -0.4 is 0 Å². The van der Waals surface area contributed by atoms with Crippen molar-refractivity contribution < 1.29 is 22.6 Å². The van der Waals surface area contributed by atoms with Crippen LogP contribution >= 0.6 is 0 Å². The van der Waals surface area contributed by atoms with Gasteiger partial charge in [-0.25, -0.2) is 0 Å². The van der Waals surface area contributed by atoms with Crippen LogP contribution in [0.5, 0.6) is 0 Å². The molecule has 1 heterocycles. The van der Waals surface area contributed by atoms with Crippen molar-refractivity contribution >= 4 is 0 Å². The van der Waals surface area contributed by atoms with Crippen molar-refractivity contribution in [2.45, 2.75) is 31.7 Å². The average Bonchev–Trinajstić information content (AvgIpc) is 2.39. The van der Waals surface area contributed by atoms with Gasteiger partial charge in [0.2, 0.25) is 0 Å². The molecule has 1 aromatic rings. The standard InChI is InChI=1S/C14H17F3O2/c15-14(16,17)12-6-7-13(19-9-12)10-18-8-11-4-2-1-3-5-11/h1-5,12-13H,6-10H2. The maximum absolute atomic E-state index is 12.4. The Morgan fingerprint density at radius 3 is 2.47 bits per heavy atom. The molecule has 106 valence electrons. The van der Waals surface area contributed by atoms with E-state index in [2.05, 4.69) is 0 Å². The average molecular weight is 274 g/mol. The predicted molar refractivity (Wildman–Crippen MR) is 64.6 cm³/mol. The van der Waals surface area contributed by atoms with E-state index in [9.17, 15) is 13.2 Å². The van der Waals surface area contributed by atoms with Crippen LogP contribution in [-0.2, 0) is 16.1 Å². The first-order valence-electron chi connectivity index (χ1n) is 6.35. The minimum absolute atomic E-state index is 0.128. The van der Waals surface area contributed by atoms with Gasteiger partial charge >= 0.3 is 6.18 Å². The summed E-state index contributed by atoms with van der Waals surface area (Å²) >= 11 is 0. The fourth-order valence-electron chi connectivity index (χ4n) is 2.08. The minimum Gasteiger partial charge on any atom is -0.375 e. The van der Waals surface area contributed by atoms with E-state index in [-0.39, 0.29) is 19.1 Å². The number of halogens is 3. The van der Waals surface area contributed by atoms with Gasteiger partial charge in [0.25, 0.3) is 0 Å². The largest absolute Gasteiger partial charge is 0.394 e. The maximum atomic E-state index is 12.4. The molecule has 1 saturated heterocycles. The second-order valence-electron chi connectivity index (χ2n) is 4.77. The summed E-state index contributed by atoms with van der Waals surface area (Å²) < 4.78 is 48.0. The first-order valence-corrected chi connectivity index (χ1v) is 6.35. The van der Waals surface area contributed by atoms with Crippen molar-refractivity contribution in [3.05, 3.63) is 35.9 Å².